The highest BCUT2D eigenvalue weighted by Gasteiger charge is 2.25. The van der Waals surface area contributed by atoms with E-state index in [1.165, 1.54) is 0 Å². The zero-order valence-corrected chi connectivity index (χ0v) is 10.2. The number of amides is 1. The van der Waals surface area contributed by atoms with E-state index in [1.54, 1.807) is 6.20 Å². The molecule has 1 atom stereocenters. The van der Waals surface area contributed by atoms with Crippen LogP contribution in [0.5, 0.6) is 0 Å². The zero-order valence-electron chi connectivity index (χ0n) is 10.2. The smallest absolute Gasteiger partial charge is 0.225 e. The molecule has 0 aromatic carbocycles. The number of nitrogens with two attached hydrogens (primary N) is 1. The summed E-state index contributed by atoms with van der Waals surface area (Å²) in [5.41, 5.74) is 7.61. The van der Waals surface area contributed by atoms with E-state index in [2.05, 4.69) is 4.98 Å². The molecule has 0 aliphatic carbocycles. The summed E-state index contributed by atoms with van der Waals surface area (Å²) in [6, 6.07) is 3.90. The molecule has 4 heteroatoms. The number of pyridine rings is 1. The molecule has 17 heavy (non-hydrogen) atoms. The molecule has 0 bridgehead atoms. The third-order valence-corrected chi connectivity index (χ3v) is 3.34. The summed E-state index contributed by atoms with van der Waals surface area (Å²) in [6.45, 7) is 3.92. The molecule has 2 N–H and O–H groups in total. The normalized spacial score (nSPS) is 20.7. The summed E-state index contributed by atoms with van der Waals surface area (Å²) in [5.74, 6) is 0.407. The highest BCUT2D eigenvalue weighted by molar-refractivity contribution is 5.79. The van der Waals surface area contributed by atoms with Crippen LogP contribution in [0.25, 0.3) is 0 Å². The minimum atomic E-state index is 0.154. The molecule has 1 unspecified atom stereocenters. The summed E-state index contributed by atoms with van der Waals surface area (Å²) in [6.07, 6.45) is 3.84. The topological polar surface area (TPSA) is 59.2 Å². The molecule has 1 fully saturated rings. The number of hydrogen-bond acceptors (Lipinski definition) is 3. The molecular weight excluding hydrogens is 214 g/mol. The van der Waals surface area contributed by atoms with Gasteiger partial charge in [-0.25, -0.2) is 0 Å². The maximum absolute atomic E-state index is 12.0. The number of aromatic nitrogens is 1. The van der Waals surface area contributed by atoms with Gasteiger partial charge in [0.05, 0.1) is 5.69 Å². The maximum atomic E-state index is 12.0. The fourth-order valence-corrected chi connectivity index (χ4v) is 2.30. The molecule has 1 saturated heterocycles. The van der Waals surface area contributed by atoms with Gasteiger partial charge in [-0.05, 0) is 24.5 Å². The van der Waals surface area contributed by atoms with Gasteiger partial charge in [-0.1, -0.05) is 13.0 Å². The van der Waals surface area contributed by atoms with Gasteiger partial charge >= 0.3 is 0 Å². The molecule has 2 rings (SSSR count). The summed E-state index contributed by atoms with van der Waals surface area (Å²) < 4.78 is 0. The Bertz CT molecular complexity index is 405. The van der Waals surface area contributed by atoms with E-state index in [-0.39, 0.29) is 11.8 Å². The lowest BCUT2D eigenvalue weighted by atomic mass is 9.98. The molecule has 1 aliphatic heterocycles. The number of hydrogen-bond donors (Lipinski definition) is 1. The molecule has 0 radical (unpaired) electrons. The molecule has 92 valence electrons. The van der Waals surface area contributed by atoms with Crippen molar-refractivity contribution in [2.45, 2.75) is 32.9 Å². The van der Waals surface area contributed by atoms with Crippen LogP contribution in [-0.4, -0.2) is 22.3 Å². The van der Waals surface area contributed by atoms with Gasteiger partial charge in [-0.2, -0.15) is 0 Å². The summed E-state index contributed by atoms with van der Waals surface area (Å²) >= 11 is 0. The van der Waals surface area contributed by atoms with Crippen LogP contribution >= 0.6 is 0 Å². The number of carbonyl (C=O) groups is 1. The highest BCUT2D eigenvalue weighted by atomic mass is 16.2. The van der Waals surface area contributed by atoms with E-state index in [4.69, 9.17) is 5.73 Å². The molecule has 1 aliphatic rings. The van der Waals surface area contributed by atoms with Crippen molar-refractivity contribution in [2.75, 3.05) is 6.54 Å². The first-order valence-electron chi connectivity index (χ1n) is 6.14. The maximum Gasteiger partial charge on any atom is 0.225 e. The Morgan fingerprint density at radius 1 is 1.59 bits per heavy atom. The molecule has 2 heterocycles. The van der Waals surface area contributed by atoms with Crippen molar-refractivity contribution >= 4 is 5.91 Å². The Morgan fingerprint density at radius 3 is 3.18 bits per heavy atom. The van der Waals surface area contributed by atoms with Crippen molar-refractivity contribution in [2.24, 2.45) is 11.7 Å². The first-order chi connectivity index (χ1) is 8.22. The second kappa shape index (κ2) is 5.27. The van der Waals surface area contributed by atoms with Crippen molar-refractivity contribution in [3.05, 3.63) is 29.6 Å². The number of likely N-dealkylation sites (tertiary alicyclic amines) is 1. The Labute approximate surface area is 102 Å². The van der Waals surface area contributed by atoms with Gasteiger partial charge in [0.15, 0.2) is 0 Å². The van der Waals surface area contributed by atoms with Crippen molar-refractivity contribution in [3.63, 3.8) is 0 Å². The lowest BCUT2D eigenvalue weighted by Gasteiger charge is -2.31. The largest absolute Gasteiger partial charge is 0.338 e. The summed E-state index contributed by atoms with van der Waals surface area (Å²) in [4.78, 5) is 18.2. The number of piperidine rings is 1. The number of rotatable bonds is 3. The molecule has 4 nitrogen and oxygen atoms in total. The predicted molar refractivity (Wildman–Crippen MR) is 65.9 cm³/mol. The first kappa shape index (κ1) is 12.0. The SMILES string of the molecule is CC1CCCN(Cc2cccnc2CN)C1=O. The number of carbonyl (C=O) groups excluding carboxylic acids is 1. The highest BCUT2D eigenvalue weighted by Crippen LogP contribution is 2.20. The Hall–Kier alpha value is -1.42. The van der Waals surface area contributed by atoms with Gasteiger partial charge in [-0.3, -0.25) is 9.78 Å². The second-order valence-electron chi connectivity index (χ2n) is 4.62. The van der Waals surface area contributed by atoms with Gasteiger partial charge in [-0.15, -0.1) is 0 Å². The Kier molecular flexibility index (Phi) is 3.74. The number of nitrogens with zero attached hydrogens (tertiary/aromatic N) is 2. The van der Waals surface area contributed by atoms with Gasteiger partial charge in [0.2, 0.25) is 5.91 Å². The quantitative estimate of drug-likeness (QED) is 0.856. The van der Waals surface area contributed by atoms with Crippen LogP contribution < -0.4 is 5.73 Å². The van der Waals surface area contributed by atoms with Gasteiger partial charge in [0, 0.05) is 31.7 Å². The molecule has 1 amide bonds. The van der Waals surface area contributed by atoms with E-state index in [0.29, 0.717) is 13.1 Å². The Morgan fingerprint density at radius 2 is 2.41 bits per heavy atom. The fourth-order valence-electron chi connectivity index (χ4n) is 2.30. The fraction of sp³-hybridized carbons (Fsp3) is 0.538. The molecule has 0 spiro atoms. The van der Waals surface area contributed by atoms with Crippen molar-refractivity contribution < 1.29 is 4.79 Å². The monoisotopic (exact) mass is 233 g/mol. The zero-order chi connectivity index (χ0) is 12.3. The van der Waals surface area contributed by atoms with Crippen LogP contribution in [0.2, 0.25) is 0 Å². The third kappa shape index (κ3) is 2.64. The van der Waals surface area contributed by atoms with E-state index in [1.807, 2.05) is 24.0 Å². The minimum Gasteiger partial charge on any atom is -0.338 e. The standard InChI is InChI=1S/C13H19N3O/c1-10-4-3-7-16(13(10)17)9-11-5-2-6-15-12(11)8-14/h2,5-6,10H,3-4,7-9,14H2,1H3. The van der Waals surface area contributed by atoms with Crippen LogP contribution in [0, 0.1) is 5.92 Å². The molecule has 0 saturated carbocycles. The van der Waals surface area contributed by atoms with Gasteiger partial charge in [0.25, 0.3) is 0 Å². The van der Waals surface area contributed by atoms with Gasteiger partial charge < -0.3 is 10.6 Å². The lowest BCUT2D eigenvalue weighted by Crippen LogP contribution is -2.39. The van der Waals surface area contributed by atoms with Gasteiger partial charge in [0.1, 0.15) is 0 Å². The average molecular weight is 233 g/mol. The molecule has 1 aromatic rings. The van der Waals surface area contributed by atoms with Crippen LogP contribution in [0.3, 0.4) is 0 Å². The minimum absolute atomic E-state index is 0.154. The predicted octanol–water partition coefficient (Wildman–Crippen LogP) is 1.30. The van der Waals surface area contributed by atoms with E-state index in [0.717, 1.165) is 30.6 Å². The van der Waals surface area contributed by atoms with E-state index in [9.17, 15) is 4.79 Å². The molecular formula is C13H19N3O. The van der Waals surface area contributed by atoms with Crippen LogP contribution in [0.1, 0.15) is 31.0 Å². The van der Waals surface area contributed by atoms with Crippen molar-refractivity contribution in [1.29, 1.82) is 0 Å². The Balaban J connectivity index is 2.12. The second-order valence-corrected chi connectivity index (χ2v) is 4.62. The average Bonchev–Trinajstić information content (AvgIpc) is 2.35. The van der Waals surface area contributed by atoms with Crippen molar-refractivity contribution in [1.82, 2.24) is 9.88 Å². The summed E-state index contributed by atoms with van der Waals surface area (Å²) in [7, 11) is 0. The van der Waals surface area contributed by atoms with Crippen LogP contribution in [-0.2, 0) is 17.9 Å². The van der Waals surface area contributed by atoms with E-state index < -0.39 is 0 Å². The third-order valence-electron chi connectivity index (χ3n) is 3.34. The summed E-state index contributed by atoms with van der Waals surface area (Å²) in [5, 5.41) is 0. The molecule has 1 aromatic heterocycles. The van der Waals surface area contributed by atoms with Crippen LogP contribution in [0.15, 0.2) is 18.3 Å². The lowest BCUT2D eigenvalue weighted by molar-refractivity contribution is -0.138. The van der Waals surface area contributed by atoms with E-state index >= 15 is 0 Å². The first-order valence-corrected chi connectivity index (χ1v) is 6.14. The van der Waals surface area contributed by atoms with Crippen LogP contribution in [0.4, 0.5) is 0 Å². The van der Waals surface area contributed by atoms with Crippen molar-refractivity contribution in [3.8, 4) is 0 Å².